The molecule has 1 aromatic carbocycles. The highest BCUT2D eigenvalue weighted by Crippen LogP contribution is 2.31. The smallest absolute Gasteiger partial charge is 0.232 e. The van der Waals surface area contributed by atoms with Gasteiger partial charge in [-0.05, 0) is 11.1 Å². The fraction of sp³-hybridized carbons (Fsp3) is 0.308. The van der Waals surface area contributed by atoms with E-state index >= 15 is 0 Å². The first-order valence-electron chi connectivity index (χ1n) is 5.21. The van der Waals surface area contributed by atoms with Crippen molar-refractivity contribution in [3.8, 4) is 12.3 Å². The highest BCUT2D eigenvalue weighted by molar-refractivity contribution is 5.79. The standard InChI is InChI=1S/C13H13NO2/c1-2-5-12(16)14-13-10-7-4-3-6-9(10)8-11(13)15/h1,3-4,6-7,11,13,15H,5,8H2,(H,14,16)/t11-,13+/m0/s1. The van der Waals surface area contributed by atoms with Gasteiger partial charge in [-0.1, -0.05) is 30.2 Å². The van der Waals surface area contributed by atoms with Crippen molar-refractivity contribution in [3.63, 3.8) is 0 Å². The zero-order chi connectivity index (χ0) is 11.5. The second-order valence-electron chi connectivity index (χ2n) is 3.90. The average Bonchev–Trinajstić information content (AvgIpc) is 2.56. The van der Waals surface area contributed by atoms with Gasteiger partial charge in [-0.2, -0.15) is 0 Å². The maximum atomic E-state index is 11.4. The molecule has 0 saturated carbocycles. The predicted octanol–water partition coefficient (Wildman–Crippen LogP) is 0.784. The Labute approximate surface area is 94.5 Å². The second-order valence-corrected chi connectivity index (χ2v) is 3.90. The lowest BCUT2D eigenvalue weighted by molar-refractivity contribution is -0.121. The Bertz CT molecular complexity index is 447. The first-order valence-corrected chi connectivity index (χ1v) is 5.21. The first kappa shape index (κ1) is 10.7. The van der Waals surface area contributed by atoms with Crippen LogP contribution in [-0.4, -0.2) is 17.1 Å². The molecule has 2 N–H and O–H groups in total. The lowest BCUT2D eigenvalue weighted by Crippen LogP contribution is -2.33. The van der Waals surface area contributed by atoms with Gasteiger partial charge >= 0.3 is 0 Å². The number of fused-ring (bicyclic) bond motifs is 1. The van der Waals surface area contributed by atoms with Crippen molar-refractivity contribution in [2.45, 2.75) is 25.0 Å². The van der Waals surface area contributed by atoms with E-state index in [0.717, 1.165) is 11.1 Å². The van der Waals surface area contributed by atoms with Gasteiger partial charge in [-0.3, -0.25) is 4.79 Å². The third-order valence-electron chi connectivity index (χ3n) is 2.78. The number of hydrogen-bond donors (Lipinski definition) is 2. The van der Waals surface area contributed by atoms with Crippen molar-refractivity contribution >= 4 is 5.91 Å². The minimum absolute atomic E-state index is 0.0470. The number of benzene rings is 1. The van der Waals surface area contributed by atoms with Gasteiger partial charge in [-0.15, -0.1) is 6.42 Å². The lowest BCUT2D eigenvalue weighted by atomic mass is 10.1. The van der Waals surface area contributed by atoms with E-state index in [2.05, 4.69) is 11.2 Å². The van der Waals surface area contributed by atoms with Crippen molar-refractivity contribution in [1.29, 1.82) is 0 Å². The molecule has 1 aromatic rings. The highest BCUT2D eigenvalue weighted by atomic mass is 16.3. The summed E-state index contributed by atoms with van der Waals surface area (Å²) in [4.78, 5) is 11.4. The van der Waals surface area contributed by atoms with Crippen molar-refractivity contribution in [2.24, 2.45) is 0 Å². The van der Waals surface area contributed by atoms with Gasteiger partial charge in [-0.25, -0.2) is 0 Å². The maximum Gasteiger partial charge on any atom is 0.232 e. The molecule has 0 bridgehead atoms. The number of carbonyl (C=O) groups excluding carboxylic acids is 1. The van der Waals surface area contributed by atoms with Crippen LogP contribution in [-0.2, 0) is 11.2 Å². The molecule has 0 fully saturated rings. The summed E-state index contributed by atoms with van der Waals surface area (Å²) in [5, 5.41) is 12.6. The highest BCUT2D eigenvalue weighted by Gasteiger charge is 2.31. The number of nitrogens with one attached hydrogen (secondary N) is 1. The van der Waals surface area contributed by atoms with Crippen LogP contribution in [0.3, 0.4) is 0 Å². The Morgan fingerprint density at radius 1 is 1.56 bits per heavy atom. The van der Waals surface area contributed by atoms with Crippen LogP contribution in [0, 0.1) is 12.3 Å². The van der Waals surface area contributed by atoms with Gasteiger partial charge in [0.25, 0.3) is 0 Å². The molecule has 3 nitrogen and oxygen atoms in total. The van der Waals surface area contributed by atoms with E-state index in [1.165, 1.54) is 0 Å². The monoisotopic (exact) mass is 215 g/mol. The SMILES string of the molecule is C#CCC(=O)N[C@@H]1c2ccccc2C[C@@H]1O. The van der Waals surface area contributed by atoms with Crippen molar-refractivity contribution in [3.05, 3.63) is 35.4 Å². The van der Waals surface area contributed by atoms with Gasteiger partial charge < -0.3 is 10.4 Å². The van der Waals surface area contributed by atoms with Crippen LogP contribution >= 0.6 is 0 Å². The molecule has 1 aliphatic carbocycles. The maximum absolute atomic E-state index is 11.4. The third kappa shape index (κ3) is 1.93. The average molecular weight is 215 g/mol. The predicted molar refractivity (Wildman–Crippen MR) is 60.5 cm³/mol. The Morgan fingerprint density at radius 3 is 3.06 bits per heavy atom. The van der Waals surface area contributed by atoms with Crippen LogP contribution in [0.25, 0.3) is 0 Å². The molecule has 3 heteroatoms. The van der Waals surface area contributed by atoms with Crippen LogP contribution in [0.4, 0.5) is 0 Å². The molecular formula is C13H13NO2. The number of hydrogen-bond acceptors (Lipinski definition) is 2. The Morgan fingerprint density at radius 2 is 2.31 bits per heavy atom. The molecule has 1 amide bonds. The molecule has 0 unspecified atom stereocenters. The summed E-state index contributed by atoms with van der Waals surface area (Å²) >= 11 is 0. The van der Waals surface area contributed by atoms with E-state index in [0.29, 0.717) is 6.42 Å². The van der Waals surface area contributed by atoms with E-state index in [1.54, 1.807) is 0 Å². The van der Waals surface area contributed by atoms with Crippen LogP contribution in [0.2, 0.25) is 0 Å². The Hall–Kier alpha value is -1.79. The molecule has 0 spiro atoms. The summed E-state index contributed by atoms with van der Waals surface area (Å²) in [5.41, 5.74) is 2.07. The first-order chi connectivity index (χ1) is 7.72. The van der Waals surface area contributed by atoms with Crippen LogP contribution in [0.5, 0.6) is 0 Å². The van der Waals surface area contributed by atoms with Gasteiger partial charge in [0, 0.05) is 6.42 Å². The number of rotatable bonds is 2. The van der Waals surface area contributed by atoms with Crippen molar-refractivity contribution < 1.29 is 9.90 Å². The zero-order valence-corrected chi connectivity index (χ0v) is 8.81. The largest absolute Gasteiger partial charge is 0.390 e. The molecule has 16 heavy (non-hydrogen) atoms. The Balaban J connectivity index is 2.17. The Kier molecular flexibility index (Phi) is 2.93. The molecular weight excluding hydrogens is 202 g/mol. The van der Waals surface area contributed by atoms with E-state index in [-0.39, 0.29) is 18.4 Å². The fourth-order valence-electron chi connectivity index (χ4n) is 2.07. The molecule has 0 aliphatic heterocycles. The van der Waals surface area contributed by atoms with E-state index in [4.69, 9.17) is 6.42 Å². The van der Waals surface area contributed by atoms with Gasteiger partial charge in [0.15, 0.2) is 0 Å². The second kappa shape index (κ2) is 4.38. The number of carbonyl (C=O) groups is 1. The van der Waals surface area contributed by atoms with Crippen molar-refractivity contribution in [2.75, 3.05) is 0 Å². The summed E-state index contributed by atoms with van der Waals surface area (Å²) in [6, 6.07) is 7.39. The quantitative estimate of drug-likeness (QED) is 0.716. The van der Waals surface area contributed by atoms with E-state index in [1.807, 2.05) is 24.3 Å². The molecule has 2 atom stereocenters. The summed E-state index contributed by atoms with van der Waals surface area (Å²) in [6.45, 7) is 0. The minimum Gasteiger partial charge on any atom is -0.390 e. The molecule has 1 aliphatic rings. The topological polar surface area (TPSA) is 49.3 Å². The fourth-order valence-corrected chi connectivity index (χ4v) is 2.07. The number of aliphatic hydroxyl groups is 1. The summed E-state index contributed by atoms with van der Waals surface area (Å²) < 4.78 is 0. The number of amides is 1. The molecule has 0 aromatic heterocycles. The summed E-state index contributed by atoms with van der Waals surface area (Å²) in [7, 11) is 0. The summed E-state index contributed by atoms with van der Waals surface area (Å²) in [5.74, 6) is 2.07. The van der Waals surface area contributed by atoms with Gasteiger partial charge in [0.2, 0.25) is 5.91 Å². The molecule has 2 rings (SSSR count). The third-order valence-corrected chi connectivity index (χ3v) is 2.78. The zero-order valence-electron chi connectivity index (χ0n) is 8.81. The normalized spacial score (nSPS) is 22.2. The van der Waals surface area contributed by atoms with E-state index < -0.39 is 6.10 Å². The van der Waals surface area contributed by atoms with E-state index in [9.17, 15) is 9.90 Å². The minimum atomic E-state index is -0.556. The van der Waals surface area contributed by atoms with Crippen molar-refractivity contribution in [1.82, 2.24) is 5.32 Å². The van der Waals surface area contributed by atoms with Crippen LogP contribution in [0.15, 0.2) is 24.3 Å². The van der Waals surface area contributed by atoms with Crippen LogP contribution < -0.4 is 5.32 Å². The van der Waals surface area contributed by atoms with Gasteiger partial charge in [0.1, 0.15) is 0 Å². The molecule has 0 heterocycles. The molecule has 0 saturated heterocycles. The molecule has 0 radical (unpaired) electrons. The lowest BCUT2D eigenvalue weighted by Gasteiger charge is -2.17. The van der Waals surface area contributed by atoms with Crippen LogP contribution in [0.1, 0.15) is 23.6 Å². The number of aliphatic hydroxyl groups excluding tert-OH is 1. The number of terminal acetylenes is 1. The summed E-state index contributed by atoms with van der Waals surface area (Å²) in [6.07, 6.45) is 5.13. The molecule has 82 valence electrons. The van der Waals surface area contributed by atoms with Gasteiger partial charge in [0.05, 0.1) is 18.6 Å².